The number of aryl methyl sites for hydroxylation is 1. The molecular weight excluding hydrogens is 256 g/mol. The van der Waals surface area contributed by atoms with Crippen LogP contribution in [0.5, 0.6) is 0 Å². The van der Waals surface area contributed by atoms with Crippen LogP contribution < -0.4 is 4.72 Å². The van der Waals surface area contributed by atoms with E-state index in [1.165, 1.54) is 0 Å². The van der Waals surface area contributed by atoms with Gasteiger partial charge in [-0.2, -0.15) is 0 Å². The van der Waals surface area contributed by atoms with Gasteiger partial charge in [0.15, 0.2) is 0 Å². The zero-order valence-electron chi connectivity index (χ0n) is 10.1. The highest BCUT2D eigenvalue weighted by atomic mass is 32.2. The van der Waals surface area contributed by atoms with Crippen molar-refractivity contribution in [1.29, 1.82) is 0 Å². The number of sulfonamides is 1. The third-order valence-corrected chi connectivity index (χ3v) is 3.68. The van der Waals surface area contributed by atoms with Gasteiger partial charge in [0.05, 0.1) is 5.75 Å². The van der Waals surface area contributed by atoms with E-state index >= 15 is 0 Å². The van der Waals surface area contributed by atoms with Gasteiger partial charge in [0, 0.05) is 24.9 Å². The second kappa shape index (κ2) is 6.46. The molecule has 0 saturated carbocycles. The summed E-state index contributed by atoms with van der Waals surface area (Å²) in [6.45, 7) is 2.02. The maximum atomic E-state index is 11.5. The number of carboxylic acid groups (broad SMARTS) is 1. The molecular formula is C11H16N2O4S. The van der Waals surface area contributed by atoms with Crippen LogP contribution in [0, 0.1) is 6.92 Å². The van der Waals surface area contributed by atoms with E-state index in [2.05, 4.69) is 9.71 Å². The normalized spacial score (nSPS) is 11.4. The maximum absolute atomic E-state index is 11.5. The van der Waals surface area contributed by atoms with Crippen molar-refractivity contribution < 1.29 is 18.3 Å². The highest BCUT2D eigenvalue weighted by molar-refractivity contribution is 7.89. The van der Waals surface area contributed by atoms with Crippen molar-refractivity contribution in [2.75, 3.05) is 5.75 Å². The number of aromatic nitrogens is 1. The molecule has 6 nitrogen and oxygen atoms in total. The lowest BCUT2D eigenvalue weighted by Crippen LogP contribution is -2.26. The monoisotopic (exact) mass is 272 g/mol. The molecule has 7 heteroatoms. The Labute approximate surface area is 106 Å². The van der Waals surface area contributed by atoms with E-state index in [-0.39, 0.29) is 25.1 Å². The SMILES string of the molecule is Cc1ccc(CNS(=O)(=O)CCCC(=O)O)cn1. The predicted octanol–water partition coefficient (Wildman–Crippen LogP) is 0.674. The molecule has 1 aromatic heterocycles. The fourth-order valence-corrected chi connectivity index (χ4v) is 2.34. The molecule has 100 valence electrons. The molecule has 0 bridgehead atoms. The average molecular weight is 272 g/mol. The third-order valence-electron chi connectivity index (χ3n) is 2.27. The largest absolute Gasteiger partial charge is 0.481 e. The fourth-order valence-electron chi connectivity index (χ4n) is 1.28. The Morgan fingerprint density at radius 2 is 2.17 bits per heavy atom. The molecule has 0 aliphatic rings. The van der Waals surface area contributed by atoms with E-state index in [0.29, 0.717) is 0 Å². The number of carboxylic acids is 1. The van der Waals surface area contributed by atoms with Gasteiger partial charge in [0.1, 0.15) is 0 Å². The van der Waals surface area contributed by atoms with E-state index < -0.39 is 16.0 Å². The first-order valence-corrected chi connectivity index (χ1v) is 7.15. The van der Waals surface area contributed by atoms with Crippen molar-refractivity contribution in [3.8, 4) is 0 Å². The van der Waals surface area contributed by atoms with Crippen LogP contribution in [0.2, 0.25) is 0 Å². The van der Waals surface area contributed by atoms with Crippen LogP contribution in [0.4, 0.5) is 0 Å². The van der Waals surface area contributed by atoms with Gasteiger partial charge in [-0.15, -0.1) is 0 Å². The Balaban J connectivity index is 2.41. The zero-order chi connectivity index (χ0) is 13.6. The molecule has 0 unspecified atom stereocenters. The number of hydrogen-bond donors (Lipinski definition) is 2. The molecule has 1 rings (SSSR count). The summed E-state index contributed by atoms with van der Waals surface area (Å²) in [6, 6.07) is 3.59. The second-order valence-corrected chi connectivity index (χ2v) is 5.87. The summed E-state index contributed by atoms with van der Waals surface area (Å²) in [7, 11) is -3.43. The molecule has 0 spiro atoms. The molecule has 0 aliphatic heterocycles. The molecule has 1 heterocycles. The van der Waals surface area contributed by atoms with E-state index in [1.807, 2.05) is 6.92 Å². The van der Waals surface area contributed by atoms with Crippen molar-refractivity contribution in [3.63, 3.8) is 0 Å². The van der Waals surface area contributed by atoms with Crippen LogP contribution in [0.15, 0.2) is 18.3 Å². The topological polar surface area (TPSA) is 96.4 Å². The first-order valence-electron chi connectivity index (χ1n) is 5.50. The van der Waals surface area contributed by atoms with Gasteiger partial charge in [-0.05, 0) is 25.0 Å². The van der Waals surface area contributed by atoms with Crippen LogP contribution >= 0.6 is 0 Å². The highest BCUT2D eigenvalue weighted by Gasteiger charge is 2.10. The quantitative estimate of drug-likeness (QED) is 0.760. The van der Waals surface area contributed by atoms with Gasteiger partial charge in [0.2, 0.25) is 10.0 Å². The van der Waals surface area contributed by atoms with Crippen LogP contribution in [0.3, 0.4) is 0 Å². The van der Waals surface area contributed by atoms with Crippen molar-refractivity contribution in [2.24, 2.45) is 0 Å². The first-order chi connectivity index (χ1) is 8.39. The number of carbonyl (C=O) groups is 1. The standard InChI is InChI=1S/C11H16N2O4S/c1-9-4-5-10(7-12-9)8-13-18(16,17)6-2-3-11(14)15/h4-5,7,13H,2-3,6,8H2,1H3,(H,14,15). The summed E-state index contributed by atoms with van der Waals surface area (Å²) < 4.78 is 25.5. The molecule has 0 atom stereocenters. The maximum Gasteiger partial charge on any atom is 0.303 e. The smallest absolute Gasteiger partial charge is 0.303 e. The van der Waals surface area contributed by atoms with Crippen LogP contribution in [0.1, 0.15) is 24.1 Å². The lowest BCUT2D eigenvalue weighted by Gasteiger charge is -2.06. The van der Waals surface area contributed by atoms with Gasteiger partial charge >= 0.3 is 5.97 Å². The lowest BCUT2D eigenvalue weighted by molar-refractivity contribution is -0.137. The molecule has 2 N–H and O–H groups in total. The molecule has 0 saturated heterocycles. The summed E-state index contributed by atoms with van der Waals surface area (Å²) in [5.41, 5.74) is 1.63. The molecule has 0 aliphatic carbocycles. The molecule has 18 heavy (non-hydrogen) atoms. The van der Waals surface area contributed by atoms with E-state index in [0.717, 1.165) is 11.3 Å². The number of hydrogen-bond acceptors (Lipinski definition) is 4. The zero-order valence-corrected chi connectivity index (χ0v) is 10.9. The first kappa shape index (κ1) is 14.6. The van der Waals surface area contributed by atoms with Crippen molar-refractivity contribution in [1.82, 2.24) is 9.71 Å². The third kappa shape index (κ3) is 5.74. The fraction of sp³-hybridized carbons (Fsp3) is 0.455. The Morgan fingerprint density at radius 1 is 1.44 bits per heavy atom. The summed E-state index contributed by atoms with van der Waals surface area (Å²) in [4.78, 5) is 14.3. The van der Waals surface area contributed by atoms with Gasteiger partial charge in [-0.3, -0.25) is 9.78 Å². The van der Waals surface area contributed by atoms with Gasteiger partial charge in [-0.1, -0.05) is 6.07 Å². The van der Waals surface area contributed by atoms with Gasteiger partial charge < -0.3 is 5.11 Å². The molecule has 0 amide bonds. The summed E-state index contributed by atoms with van der Waals surface area (Å²) in [6.07, 6.45) is 1.57. The Morgan fingerprint density at radius 3 is 2.72 bits per heavy atom. The number of pyridine rings is 1. The molecule has 0 aromatic carbocycles. The van der Waals surface area contributed by atoms with Crippen molar-refractivity contribution in [2.45, 2.75) is 26.3 Å². The Bertz CT molecular complexity index is 496. The van der Waals surface area contributed by atoms with Crippen LogP contribution in [0.25, 0.3) is 0 Å². The van der Waals surface area contributed by atoms with Gasteiger partial charge in [-0.25, -0.2) is 13.1 Å². The minimum Gasteiger partial charge on any atom is -0.481 e. The highest BCUT2D eigenvalue weighted by Crippen LogP contribution is 2.01. The predicted molar refractivity (Wildman–Crippen MR) is 66.5 cm³/mol. The second-order valence-electron chi connectivity index (χ2n) is 3.95. The van der Waals surface area contributed by atoms with Crippen molar-refractivity contribution >= 4 is 16.0 Å². The van der Waals surface area contributed by atoms with E-state index in [1.54, 1.807) is 18.3 Å². The lowest BCUT2D eigenvalue weighted by atomic mass is 10.2. The van der Waals surface area contributed by atoms with Crippen LogP contribution in [-0.2, 0) is 21.4 Å². The van der Waals surface area contributed by atoms with Crippen molar-refractivity contribution in [3.05, 3.63) is 29.6 Å². The number of nitrogens with zero attached hydrogens (tertiary/aromatic N) is 1. The van der Waals surface area contributed by atoms with E-state index in [9.17, 15) is 13.2 Å². The Hall–Kier alpha value is -1.47. The Kier molecular flexibility index (Phi) is 5.24. The summed E-state index contributed by atoms with van der Waals surface area (Å²) in [5.74, 6) is -1.17. The number of nitrogens with one attached hydrogen (secondary N) is 1. The average Bonchev–Trinajstić information content (AvgIpc) is 2.27. The minimum atomic E-state index is -3.43. The summed E-state index contributed by atoms with van der Waals surface area (Å²) in [5, 5.41) is 8.42. The molecule has 0 radical (unpaired) electrons. The van der Waals surface area contributed by atoms with E-state index in [4.69, 9.17) is 5.11 Å². The molecule has 1 aromatic rings. The van der Waals surface area contributed by atoms with Crippen LogP contribution in [-0.4, -0.2) is 30.2 Å². The number of aliphatic carboxylic acids is 1. The van der Waals surface area contributed by atoms with Gasteiger partial charge in [0.25, 0.3) is 0 Å². The molecule has 0 fully saturated rings. The number of rotatable bonds is 7. The minimum absolute atomic E-state index is 0.108. The summed E-state index contributed by atoms with van der Waals surface area (Å²) >= 11 is 0.